The molecule has 1 heterocycles. The molecule has 3 N–H and O–H groups in total. The molecule has 0 aliphatic carbocycles. The van der Waals surface area contributed by atoms with Gasteiger partial charge in [-0.05, 0) is 12.3 Å². The molecule has 0 aliphatic heterocycles. The zero-order valence-electron chi connectivity index (χ0n) is 9.26. The van der Waals surface area contributed by atoms with E-state index in [2.05, 4.69) is 4.98 Å². The van der Waals surface area contributed by atoms with Crippen LogP contribution in [0.3, 0.4) is 0 Å². The van der Waals surface area contributed by atoms with Crippen molar-refractivity contribution in [1.82, 2.24) is 4.98 Å². The Labute approximate surface area is 92.8 Å². The topological polar surface area (TPSA) is 60.2 Å². The monoisotopic (exact) mass is 231 g/mol. The Morgan fingerprint density at radius 1 is 1.44 bits per heavy atom. The van der Waals surface area contributed by atoms with E-state index in [0.717, 1.165) is 6.42 Å². The minimum absolute atomic E-state index is 0.235. The second kappa shape index (κ2) is 5.60. The molecule has 0 amide bonds. The Balaban J connectivity index is 2.72. The third kappa shape index (κ3) is 3.30. The molecule has 16 heavy (non-hydrogen) atoms. The van der Waals surface area contributed by atoms with Crippen molar-refractivity contribution in [3.05, 3.63) is 17.7 Å². The molecule has 0 fully saturated rings. The summed E-state index contributed by atoms with van der Waals surface area (Å²) in [5, 5.41) is 0. The van der Waals surface area contributed by atoms with Gasteiger partial charge in [-0.1, -0.05) is 13.8 Å². The molecule has 0 aliphatic rings. The summed E-state index contributed by atoms with van der Waals surface area (Å²) >= 11 is 0. The number of ether oxygens (including phenoxy) is 1. The largest absolute Gasteiger partial charge is 0.476 e. The van der Waals surface area contributed by atoms with Gasteiger partial charge in [0.2, 0.25) is 0 Å². The normalized spacial score (nSPS) is 10.6. The van der Waals surface area contributed by atoms with Crippen LogP contribution in [0.15, 0.2) is 6.07 Å². The predicted molar refractivity (Wildman–Crippen MR) is 56.9 cm³/mol. The maximum absolute atomic E-state index is 13.2. The molecule has 1 aromatic rings. The van der Waals surface area contributed by atoms with E-state index in [4.69, 9.17) is 10.6 Å². The number of aromatic nitrogens is 1. The molecule has 1 rings (SSSR count). The quantitative estimate of drug-likeness (QED) is 0.601. The first-order valence-electron chi connectivity index (χ1n) is 5.00. The van der Waals surface area contributed by atoms with E-state index in [1.165, 1.54) is 0 Å². The number of nitrogens with zero attached hydrogens (tertiary/aromatic N) is 1. The lowest BCUT2D eigenvalue weighted by Gasteiger charge is -2.09. The minimum atomic E-state index is -0.851. The van der Waals surface area contributed by atoms with Crippen molar-refractivity contribution < 1.29 is 13.5 Å². The van der Waals surface area contributed by atoms with Crippen LogP contribution in [0.5, 0.6) is 5.88 Å². The van der Waals surface area contributed by atoms with Crippen LogP contribution in [-0.4, -0.2) is 11.6 Å². The molecule has 0 unspecified atom stereocenters. The van der Waals surface area contributed by atoms with Crippen LogP contribution < -0.4 is 16.0 Å². The van der Waals surface area contributed by atoms with Crippen molar-refractivity contribution in [2.45, 2.75) is 20.3 Å². The van der Waals surface area contributed by atoms with Crippen LogP contribution >= 0.6 is 0 Å². The fraction of sp³-hybridized carbons (Fsp3) is 0.500. The highest BCUT2D eigenvalue weighted by Gasteiger charge is 2.12. The molecule has 4 nitrogen and oxygen atoms in total. The molecule has 0 radical (unpaired) electrons. The molecule has 0 saturated carbocycles. The minimum Gasteiger partial charge on any atom is -0.476 e. The Hall–Kier alpha value is -1.43. The summed E-state index contributed by atoms with van der Waals surface area (Å²) in [5.41, 5.74) is 2.03. The molecule has 0 spiro atoms. The zero-order valence-corrected chi connectivity index (χ0v) is 9.26. The Kier molecular flexibility index (Phi) is 4.42. The number of pyridine rings is 1. The smallest absolute Gasteiger partial charge is 0.252 e. The number of halogens is 2. The van der Waals surface area contributed by atoms with E-state index >= 15 is 0 Å². The Morgan fingerprint density at radius 2 is 2.12 bits per heavy atom. The van der Waals surface area contributed by atoms with Gasteiger partial charge >= 0.3 is 0 Å². The van der Waals surface area contributed by atoms with Crippen LogP contribution in [0, 0.1) is 17.6 Å². The highest BCUT2D eigenvalue weighted by atomic mass is 19.1. The third-order valence-corrected chi connectivity index (χ3v) is 1.97. The molecular formula is C10H15F2N3O. The summed E-state index contributed by atoms with van der Waals surface area (Å²) in [6, 6.07) is 0.687. The third-order valence-electron chi connectivity index (χ3n) is 1.97. The number of nitrogens with one attached hydrogen (secondary N) is 1. The van der Waals surface area contributed by atoms with Crippen molar-refractivity contribution >= 4 is 5.82 Å². The summed E-state index contributed by atoms with van der Waals surface area (Å²) in [5.74, 6) is 3.30. The first kappa shape index (κ1) is 12.6. The summed E-state index contributed by atoms with van der Waals surface area (Å²) < 4.78 is 31.3. The van der Waals surface area contributed by atoms with Crippen LogP contribution in [-0.2, 0) is 0 Å². The number of hydrogen-bond donors (Lipinski definition) is 2. The lowest BCUT2D eigenvalue weighted by atomic mass is 10.1. The van der Waals surface area contributed by atoms with Gasteiger partial charge in [-0.15, -0.1) is 0 Å². The standard InChI is InChI=1S/C10H15F2N3O/c1-6(2)3-4-16-10-8(12)5-7(11)9(14-10)15-13/h5-6H,3-4,13H2,1-2H3,(H,14,15). The van der Waals surface area contributed by atoms with Gasteiger partial charge in [0.1, 0.15) is 0 Å². The van der Waals surface area contributed by atoms with Gasteiger partial charge in [0.05, 0.1) is 6.61 Å². The van der Waals surface area contributed by atoms with Gasteiger partial charge in [-0.2, -0.15) is 4.98 Å². The lowest BCUT2D eigenvalue weighted by Crippen LogP contribution is -2.12. The Morgan fingerprint density at radius 3 is 2.69 bits per heavy atom. The maximum atomic E-state index is 13.2. The van der Waals surface area contributed by atoms with Crippen molar-refractivity contribution in [3.63, 3.8) is 0 Å². The van der Waals surface area contributed by atoms with Crippen molar-refractivity contribution in [1.29, 1.82) is 0 Å². The van der Waals surface area contributed by atoms with Crippen molar-refractivity contribution in [2.24, 2.45) is 11.8 Å². The molecule has 90 valence electrons. The predicted octanol–water partition coefficient (Wildman–Crippen LogP) is 2.07. The van der Waals surface area contributed by atoms with E-state index in [-0.39, 0.29) is 11.7 Å². The first-order valence-corrected chi connectivity index (χ1v) is 5.00. The van der Waals surface area contributed by atoms with Crippen molar-refractivity contribution in [2.75, 3.05) is 12.0 Å². The summed E-state index contributed by atoms with van der Waals surface area (Å²) in [4.78, 5) is 3.58. The number of hydrazine groups is 1. The second-order valence-corrected chi connectivity index (χ2v) is 3.78. The maximum Gasteiger partial charge on any atom is 0.252 e. The zero-order chi connectivity index (χ0) is 12.1. The number of nitrogens with two attached hydrogens (primary N) is 1. The van der Waals surface area contributed by atoms with E-state index < -0.39 is 11.6 Å². The van der Waals surface area contributed by atoms with Gasteiger partial charge in [0, 0.05) is 6.07 Å². The van der Waals surface area contributed by atoms with E-state index in [1.54, 1.807) is 0 Å². The number of nitrogen functional groups attached to an aromatic ring is 1. The summed E-state index contributed by atoms with van der Waals surface area (Å²) in [6.45, 7) is 4.37. The first-order chi connectivity index (χ1) is 7.54. The highest BCUT2D eigenvalue weighted by molar-refractivity contribution is 5.38. The van der Waals surface area contributed by atoms with Gasteiger partial charge < -0.3 is 10.2 Å². The fourth-order valence-electron chi connectivity index (χ4n) is 1.04. The second-order valence-electron chi connectivity index (χ2n) is 3.78. The molecule has 0 bridgehead atoms. The van der Waals surface area contributed by atoms with Gasteiger partial charge in [-0.25, -0.2) is 14.6 Å². The molecule has 0 saturated heterocycles. The van der Waals surface area contributed by atoms with Crippen LogP contribution in [0.1, 0.15) is 20.3 Å². The average Bonchev–Trinajstić information content (AvgIpc) is 2.20. The van der Waals surface area contributed by atoms with Crippen molar-refractivity contribution in [3.8, 4) is 5.88 Å². The fourth-order valence-corrected chi connectivity index (χ4v) is 1.04. The average molecular weight is 231 g/mol. The Bertz CT molecular complexity index is 358. The van der Waals surface area contributed by atoms with Gasteiger partial charge in [0.25, 0.3) is 5.88 Å². The molecule has 6 heteroatoms. The summed E-state index contributed by atoms with van der Waals surface area (Å²) in [6.07, 6.45) is 0.768. The van der Waals surface area contributed by atoms with E-state index in [1.807, 2.05) is 19.3 Å². The van der Waals surface area contributed by atoms with Crippen LogP contribution in [0.4, 0.5) is 14.6 Å². The van der Waals surface area contributed by atoms with Crippen LogP contribution in [0.25, 0.3) is 0 Å². The highest BCUT2D eigenvalue weighted by Crippen LogP contribution is 2.20. The molecule has 0 aromatic carbocycles. The van der Waals surface area contributed by atoms with E-state index in [9.17, 15) is 8.78 Å². The number of rotatable bonds is 5. The van der Waals surface area contributed by atoms with Gasteiger partial charge in [0.15, 0.2) is 17.5 Å². The lowest BCUT2D eigenvalue weighted by molar-refractivity contribution is 0.265. The molecule has 0 atom stereocenters. The number of hydrogen-bond acceptors (Lipinski definition) is 4. The summed E-state index contributed by atoms with van der Waals surface area (Å²) in [7, 11) is 0. The number of anilines is 1. The molecule has 1 aromatic heterocycles. The van der Waals surface area contributed by atoms with Gasteiger partial charge in [-0.3, -0.25) is 0 Å². The SMILES string of the molecule is CC(C)CCOc1nc(NN)c(F)cc1F. The van der Waals surface area contributed by atoms with E-state index in [0.29, 0.717) is 18.6 Å². The molecular weight excluding hydrogens is 216 g/mol. The van der Waals surface area contributed by atoms with Crippen LogP contribution in [0.2, 0.25) is 0 Å².